The molecule has 0 atom stereocenters. The lowest BCUT2D eigenvalue weighted by atomic mass is 9.92. The molecule has 0 aliphatic carbocycles. The Bertz CT molecular complexity index is 604. The van der Waals surface area contributed by atoms with Crippen LogP contribution in [0.15, 0.2) is 71.0 Å². The Morgan fingerprint density at radius 2 is 1.61 bits per heavy atom. The molecule has 1 aliphatic heterocycles. The number of hydrogen-bond acceptors (Lipinski definition) is 2. The van der Waals surface area contributed by atoms with Crippen LogP contribution in [0.25, 0.3) is 0 Å². The Balaban J connectivity index is 3.03. The fourth-order valence-corrected chi connectivity index (χ4v) is 2.61. The minimum absolute atomic E-state index is 0.585. The highest BCUT2D eigenvalue weighted by molar-refractivity contribution is 5.54. The first-order chi connectivity index (χ1) is 10.6. The van der Waals surface area contributed by atoms with Gasteiger partial charge in [0.15, 0.2) is 0 Å². The molecule has 0 spiro atoms. The predicted molar refractivity (Wildman–Crippen MR) is 101 cm³/mol. The van der Waals surface area contributed by atoms with E-state index in [2.05, 4.69) is 56.2 Å². The van der Waals surface area contributed by atoms with Crippen molar-refractivity contribution in [1.82, 2.24) is 4.90 Å². The van der Waals surface area contributed by atoms with E-state index in [1.165, 1.54) is 5.57 Å². The van der Waals surface area contributed by atoms with Gasteiger partial charge in [0.25, 0.3) is 0 Å². The van der Waals surface area contributed by atoms with Crippen molar-refractivity contribution >= 4 is 0 Å². The highest BCUT2D eigenvalue weighted by Crippen LogP contribution is 2.29. The second-order valence-corrected chi connectivity index (χ2v) is 6.74. The topological polar surface area (TPSA) is 23.5 Å². The van der Waals surface area contributed by atoms with Crippen LogP contribution < -0.4 is 0 Å². The van der Waals surface area contributed by atoms with Gasteiger partial charge < -0.3 is 10.0 Å². The van der Waals surface area contributed by atoms with Crippen LogP contribution >= 0.6 is 0 Å². The molecule has 0 amide bonds. The zero-order valence-electron chi connectivity index (χ0n) is 15.5. The van der Waals surface area contributed by atoms with Crippen LogP contribution in [0, 0.1) is 0 Å². The minimum Gasteiger partial charge on any atom is -0.386 e. The first-order valence-electron chi connectivity index (χ1n) is 8.13. The van der Waals surface area contributed by atoms with Gasteiger partial charge in [-0.05, 0) is 64.3 Å². The maximum Gasteiger partial charge on any atom is 0.0967 e. The van der Waals surface area contributed by atoms with Crippen molar-refractivity contribution in [2.45, 2.75) is 47.1 Å². The van der Waals surface area contributed by atoms with Crippen LogP contribution in [0.4, 0.5) is 0 Å². The normalized spacial score (nSPS) is 19.5. The van der Waals surface area contributed by atoms with Crippen LogP contribution in [-0.2, 0) is 0 Å². The molecule has 0 radical (unpaired) electrons. The molecule has 2 nitrogen and oxygen atoms in total. The van der Waals surface area contributed by atoms with Crippen molar-refractivity contribution in [1.29, 1.82) is 0 Å². The zero-order chi connectivity index (χ0) is 17.8. The molecule has 0 aromatic rings. The van der Waals surface area contributed by atoms with Crippen molar-refractivity contribution in [3.8, 4) is 0 Å². The van der Waals surface area contributed by atoms with Gasteiger partial charge in [-0.15, -0.1) is 0 Å². The van der Waals surface area contributed by atoms with E-state index >= 15 is 0 Å². The van der Waals surface area contributed by atoms with E-state index < -0.39 is 5.60 Å². The minimum atomic E-state index is -0.585. The average Bonchev–Trinajstić information content (AvgIpc) is 2.46. The third-order valence-electron chi connectivity index (χ3n) is 4.18. The molecule has 126 valence electrons. The summed E-state index contributed by atoms with van der Waals surface area (Å²) in [5.41, 5.74) is 6.04. The van der Waals surface area contributed by atoms with Crippen LogP contribution in [0.2, 0.25) is 0 Å². The molecule has 23 heavy (non-hydrogen) atoms. The number of hydrogen-bond donors (Lipinski definition) is 1. The largest absolute Gasteiger partial charge is 0.386 e. The highest BCUT2D eigenvalue weighted by Gasteiger charge is 2.37. The van der Waals surface area contributed by atoms with Crippen molar-refractivity contribution in [3.63, 3.8) is 0 Å². The molecule has 0 aromatic heterocycles. The van der Waals surface area contributed by atoms with Gasteiger partial charge in [0, 0.05) is 18.8 Å². The van der Waals surface area contributed by atoms with Gasteiger partial charge in [-0.1, -0.05) is 42.5 Å². The van der Waals surface area contributed by atoms with Crippen LogP contribution in [0.1, 0.15) is 41.5 Å². The summed E-state index contributed by atoms with van der Waals surface area (Å²) in [6.45, 7) is 21.7. The van der Waals surface area contributed by atoms with Gasteiger partial charge in [0.2, 0.25) is 0 Å². The van der Waals surface area contributed by atoms with Gasteiger partial charge in [0.1, 0.15) is 0 Å². The summed E-state index contributed by atoms with van der Waals surface area (Å²) in [5, 5.41) is 9.89. The van der Waals surface area contributed by atoms with Crippen molar-refractivity contribution in [2.75, 3.05) is 13.1 Å². The quantitative estimate of drug-likeness (QED) is 0.703. The van der Waals surface area contributed by atoms with Gasteiger partial charge >= 0.3 is 0 Å². The molecule has 1 rings (SSSR count). The smallest absolute Gasteiger partial charge is 0.0967 e. The maximum absolute atomic E-state index is 9.89. The Labute approximate surface area is 141 Å². The van der Waals surface area contributed by atoms with Gasteiger partial charge in [-0.3, -0.25) is 0 Å². The van der Waals surface area contributed by atoms with Gasteiger partial charge in [-0.2, -0.15) is 0 Å². The zero-order valence-corrected chi connectivity index (χ0v) is 15.5. The molecule has 0 saturated carbocycles. The molecule has 0 unspecified atom stereocenters. The third-order valence-corrected chi connectivity index (χ3v) is 4.18. The first kappa shape index (κ1) is 19.2. The number of nitrogens with zero attached hydrogens (tertiary/aromatic N) is 1. The molecule has 1 N–H and O–H groups in total. The van der Waals surface area contributed by atoms with E-state index in [0.717, 1.165) is 28.0 Å². The molecule has 1 saturated heterocycles. The van der Waals surface area contributed by atoms with Crippen LogP contribution in [-0.4, -0.2) is 28.7 Å². The van der Waals surface area contributed by atoms with Crippen molar-refractivity contribution < 1.29 is 5.11 Å². The Hall–Kier alpha value is -1.80. The summed E-state index contributed by atoms with van der Waals surface area (Å²) >= 11 is 0. The predicted octanol–water partition coefficient (Wildman–Crippen LogP) is 4.93. The van der Waals surface area contributed by atoms with Crippen molar-refractivity contribution in [2.24, 2.45) is 0 Å². The fraction of sp³-hybridized carbons (Fsp3) is 0.429. The van der Waals surface area contributed by atoms with E-state index in [9.17, 15) is 5.11 Å². The molecule has 0 aromatic carbocycles. The molecular formula is C21H31NO. The second-order valence-electron chi connectivity index (χ2n) is 6.74. The molecule has 2 heteroatoms. The average molecular weight is 313 g/mol. The van der Waals surface area contributed by atoms with E-state index in [1.807, 2.05) is 27.7 Å². The third kappa shape index (κ3) is 5.11. The molecule has 0 bridgehead atoms. The van der Waals surface area contributed by atoms with Gasteiger partial charge in [0.05, 0.1) is 5.60 Å². The fourth-order valence-electron chi connectivity index (χ4n) is 2.61. The Kier molecular flexibility index (Phi) is 6.40. The van der Waals surface area contributed by atoms with Gasteiger partial charge in [-0.25, -0.2) is 0 Å². The summed E-state index contributed by atoms with van der Waals surface area (Å²) in [6.07, 6.45) is 8.51. The maximum atomic E-state index is 9.89. The SMILES string of the molecule is C=C(C)C(=C\C(C)=C/C)/C(/C=C(/C)C(=C)N1CC(C)(O)C1)=C/C. The first-order valence-corrected chi connectivity index (χ1v) is 8.13. The summed E-state index contributed by atoms with van der Waals surface area (Å²) < 4.78 is 0. The van der Waals surface area contributed by atoms with E-state index in [-0.39, 0.29) is 0 Å². The molecule has 1 aliphatic rings. The molecule has 1 fully saturated rings. The van der Waals surface area contributed by atoms with Crippen LogP contribution in [0.5, 0.6) is 0 Å². The number of aliphatic hydroxyl groups is 1. The monoisotopic (exact) mass is 313 g/mol. The van der Waals surface area contributed by atoms with Crippen molar-refractivity contribution in [3.05, 3.63) is 71.0 Å². The lowest BCUT2D eigenvalue weighted by Gasteiger charge is -2.46. The summed E-state index contributed by atoms with van der Waals surface area (Å²) in [5.74, 6) is 0. The summed E-state index contributed by atoms with van der Waals surface area (Å²) in [6, 6.07) is 0. The Morgan fingerprint density at radius 1 is 1.04 bits per heavy atom. The number of likely N-dealkylation sites (tertiary alicyclic amines) is 1. The van der Waals surface area contributed by atoms with E-state index in [4.69, 9.17) is 0 Å². The van der Waals surface area contributed by atoms with E-state index in [0.29, 0.717) is 13.1 Å². The summed E-state index contributed by atoms with van der Waals surface area (Å²) in [4.78, 5) is 2.11. The number of rotatable bonds is 6. The van der Waals surface area contributed by atoms with E-state index in [1.54, 1.807) is 0 Å². The molecule has 1 heterocycles. The van der Waals surface area contributed by atoms with Crippen LogP contribution in [0.3, 0.4) is 0 Å². The molecular weight excluding hydrogens is 282 g/mol. The lowest BCUT2D eigenvalue weighted by molar-refractivity contribution is -0.0650. The number of allylic oxidation sites excluding steroid dienone is 9. The standard InChI is InChI=1S/C21H31NO/c1-9-16(5)11-20(15(3)4)19(10-2)12-17(6)18(7)22-13-21(8,23)14-22/h9-12,23H,3,7,13-14H2,1-2,4-6,8H3/b16-9-,17-12-,19-10+,20-11+. The Morgan fingerprint density at radius 3 is 2.00 bits per heavy atom. The highest BCUT2D eigenvalue weighted by atomic mass is 16.3. The second kappa shape index (κ2) is 7.65. The summed E-state index contributed by atoms with van der Waals surface area (Å²) in [7, 11) is 0. The number of β-amino-alcohol motifs (C(OH)–C–C–N with tert-alkyl or cyclic N) is 1. The lowest BCUT2D eigenvalue weighted by Crippen LogP contribution is -2.58.